The fourth-order valence-electron chi connectivity index (χ4n) is 1.83. The van der Waals surface area contributed by atoms with E-state index < -0.39 is 47.9 Å². The molecule has 1 N–H and O–H groups in total. The summed E-state index contributed by atoms with van der Waals surface area (Å²) in [5.41, 5.74) is -1.48. The molecule has 0 saturated heterocycles. The zero-order valence-electron chi connectivity index (χ0n) is 15.1. The van der Waals surface area contributed by atoms with Crippen LogP contribution in [0, 0.1) is 20.2 Å². The topological polar surface area (TPSA) is 159 Å². The largest absolute Gasteiger partial charge is 0.472 e. The van der Waals surface area contributed by atoms with Crippen LogP contribution < -0.4 is 0 Å². The van der Waals surface area contributed by atoms with E-state index in [4.69, 9.17) is 4.52 Å². The van der Waals surface area contributed by atoms with Crippen molar-refractivity contribution in [1.82, 2.24) is 0 Å². The molecule has 1 atom stereocenters. The van der Waals surface area contributed by atoms with Crippen molar-refractivity contribution in [3.8, 4) is 0 Å². The summed E-state index contributed by atoms with van der Waals surface area (Å²) in [6.45, 7) is -0.0834. The Labute approximate surface area is 154 Å². The number of benzene rings is 1. The number of nitro groups is 2. The van der Waals surface area contributed by atoms with Crippen LogP contribution in [0.1, 0.15) is 16.8 Å². The van der Waals surface area contributed by atoms with Crippen molar-refractivity contribution in [2.45, 2.75) is 6.42 Å². The Kier molecular flexibility index (Phi) is 7.69. The van der Waals surface area contributed by atoms with Crippen LogP contribution in [0.4, 0.5) is 11.4 Å². The molecule has 0 fully saturated rings. The third-order valence-corrected chi connectivity index (χ3v) is 4.26. The van der Waals surface area contributed by atoms with E-state index in [1.165, 1.54) is 0 Å². The van der Waals surface area contributed by atoms with Gasteiger partial charge in [0.05, 0.1) is 43.7 Å². The maximum Gasteiger partial charge on any atom is 0.472 e. The standard InChI is InChI=1S/C14H20N3O9P/c1-17(2,3)5-7-26-27(23,24)25-6-4-14(18)11-8-12(15(19)20)10-13(9-11)16(21)22/h8-10H,4-7H2,1-3H3/p+1. The molecule has 150 valence electrons. The van der Waals surface area contributed by atoms with Gasteiger partial charge in [0.25, 0.3) is 11.4 Å². The lowest BCUT2D eigenvalue weighted by molar-refractivity contribution is -0.870. The normalized spacial score (nSPS) is 13.8. The van der Waals surface area contributed by atoms with Crippen LogP contribution in [0.3, 0.4) is 0 Å². The average molecular weight is 406 g/mol. The Hall–Kier alpha value is -2.24. The summed E-state index contributed by atoms with van der Waals surface area (Å²) in [7, 11) is 1.24. The molecule has 0 aliphatic rings. The summed E-state index contributed by atoms with van der Waals surface area (Å²) in [6, 6.07) is 2.52. The minimum atomic E-state index is -4.36. The van der Waals surface area contributed by atoms with Crippen LogP contribution in [0.25, 0.3) is 0 Å². The molecule has 13 heteroatoms. The average Bonchev–Trinajstić information content (AvgIpc) is 2.52. The number of phosphoric ester groups is 1. The molecule has 0 aromatic heterocycles. The number of carbonyl (C=O) groups excluding carboxylic acids is 1. The van der Waals surface area contributed by atoms with Crippen LogP contribution >= 0.6 is 7.82 Å². The molecule has 27 heavy (non-hydrogen) atoms. The Morgan fingerprint density at radius 2 is 1.56 bits per heavy atom. The number of hydrogen-bond acceptors (Lipinski definition) is 8. The molecule has 0 radical (unpaired) electrons. The monoisotopic (exact) mass is 406 g/mol. The van der Waals surface area contributed by atoms with Crippen LogP contribution in [0.15, 0.2) is 18.2 Å². The molecule has 0 bridgehead atoms. The zero-order chi connectivity index (χ0) is 20.8. The number of quaternary nitrogens is 1. The molecule has 1 aromatic carbocycles. The fraction of sp³-hybridized carbons (Fsp3) is 0.500. The van der Waals surface area contributed by atoms with E-state index in [2.05, 4.69) is 4.52 Å². The van der Waals surface area contributed by atoms with Crippen LogP contribution in [-0.2, 0) is 13.6 Å². The van der Waals surface area contributed by atoms with Crippen LogP contribution in [-0.4, -0.2) is 65.9 Å². The first kappa shape index (κ1) is 22.8. The van der Waals surface area contributed by atoms with Gasteiger partial charge in [0.15, 0.2) is 5.78 Å². The maximum atomic E-state index is 12.1. The summed E-state index contributed by atoms with van der Waals surface area (Å²) in [6.07, 6.45) is -0.415. The molecule has 1 aromatic rings. The lowest BCUT2D eigenvalue weighted by Crippen LogP contribution is -2.37. The van der Waals surface area contributed by atoms with Crippen molar-refractivity contribution in [2.24, 2.45) is 0 Å². The van der Waals surface area contributed by atoms with E-state index >= 15 is 0 Å². The first-order chi connectivity index (χ1) is 12.3. The van der Waals surface area contributed by atoms with Crippen molar-refractivity contribution in [3.63, 3.8) is 0 Å². The summed E-state index contributed by atoms with van der Waals surface area (Å²) in [5, 5.41) is 21.7. The van der Waals surface area contributed by atoms with Gasteiger partial charge in [-0.2, -0.15) is 0 Å². The van der Waals surface area contributed by atoms with Crippen molar-refractivity contribution in [2.75, 3.05) is 40.9 Å². The van der Waals surface area contributed by atoms with Gasteiger partial charge in [-0.15, -0.1) is 0 Å². The molecule has 0 heterocycles. The second-order valence-corrected chi connectivity index (χ2v) is 8.03. The first-order valence-corrected chi connectivity index (χ1v) is 9.20. The number of Topliss-reactive ketones (excluding diaryl/α,β-unsaturated/α-hetero) is 1. The highest BCUT2D eigenvalue weighted by Gasteiger charge is 2.24. The molecule has 1 rings (SSSR count). The van der Waals surface area contributed by atoms with Gasteiger partial charge in [-0.1, -0.05) is 0 Å². The van der Waals surface area contributed by atoms with Crippen molar-refractivity contribution in [3.05, 3.63) is 44.0 Å². The molecule has 0 aliphatic carbocycles. The van der Waals surface area contributed by atoms with E-state index in [1.54, 1.807) is 0 Å². The predicted octanol–water partition coefficient (Wildman–Crippen LogP) is 1.92. The van der Waals surface area contributed by atoms with Crippen LogP contribution in [0.2, 0.25) is 0 Å². The lowest BCUT2D eigenvalue weighted by atomic mass is 10.1. The third kappa shape index (κ3) is 8.33. The zero-order valence-corrected chi connectivity index (χ0v) is 16.0. The number of hydrogen-bond donors (Lipinski definition) is 1. The third-order valence-electron chi connectivity index (χ3n) is 3.25. The first-order valence-electron chi connectivity index (χ1n) is 7.70. The molecule has 0 aliphatic heterocycles. The molecular weight excluding hydrogens is 385 g/mol. The van der Waals surface area contributed by atoms with Gasteiger partial charge in [-0.25, -0.2) is 4.57 Å². The Morgan fingerprint density at radius 1 is 1.07 bits per heavy atom. The number of rotatable bonds is 11. The minimum Gasteiger partial charge on any atom is -0.329 e. The quantitative estimate of drug-likeness (QED) is 0.190. The summed E-state index contributed by atoms with van der Waals surface area (Å²) >= 11 is 0. The van der Waals surface area contributed by atoms with E-state index in [0.29, 0.717) is 11.0 Å². The molecule has 0 spiro atoms. The summed E-state index contributed by atoms with van der Waals surface area (Å²) in [4.78, 5) is 41.6. The van der Waals surface area contributed by atoms with Gasteiger partial charge in [0.1, 0.15) is 13.2 Å². The highest BCUT2D eigenvalue weighted by molar-refractivity contribution is 7.47. The van der Waals surface area contributed by atoms with Crippen molar-refractivity contribution < 1.29 is 37.6 Å². The second-order valence-electron chi connectivity index (χ2n) is 6.57. The Morgan fingerprint density at radius 3 is 2.00 bits per heavy atom. The van der Waals surface area contributed by atoms with Gasteiger partial charge in [0.2, 0.25) is 0 Å². The fourth-order valence-corrected chi connectivity index (χ4v) is 2.54. The van der Waals surface area contributed by atoms with Crippen LogP contribution in [0.5, 0.6) is 0 Å². The summed E-state index contributed by atoms with van der Waals surface area (Å²) < 4.78 is 21.7. The number of likely N-dealkylation sites (N-methyl/N-ethyl adjacent to an activating group) is 1. The maximum absolute atomic E-state index is 12.1. The predicted molar refractivity (Wildman–Crippen MR) is 93.3 cm³/mol. The second kappa shape index (κ2) is 9.11. The Bertz CT molecular complexity index is 743. The number of non-ortho nitro benzene ring substituents is 2. The van der Waals surface area contributed by atoms with Gasteiger partial charge >= 0.3 is 7.82 Å². The Balaban J connectivity index is 2.68. The van der Waals surface area contributed by atoms with E-state index in [-0.39, 0.29) is 12.2 Å². The molecule has 0 saturated carbocycles. The summed E-state index contributed by atoms with van der Waals surface area (Å²) in [5.74, 6) is -0.715. The number of phosphoric acid groups is 1. The SMILES string of the molecule is C[N+](C)(C)CCOP(=O)(O)OCCC(=O)c1cc([N+](=O)[O-])cc([N+](=O)[O-])c1. The molecule has 12 nitrogen and oxygen atoms in total. The number of nitro benzene ring substituents is 2. The highest BCUT2D eigenvalue weighted by Crippen LogP contribution is 2.43. The van der Waals surface area contributed by atoms with E-state index in [9.17, 15) is 34.5 Å². The molecule has 0 amide bonds. The number of ketones is 1. The van der Waals surface area contributed by atoms with Crippen molar-refractivity contribution in [1.29, 1.82) is 0 Å². The van der Waals surface area contributed by atoms with Gasteiger partial charge in [-0.05, 0) is 0 Å². The van der Waals surface area contributed by atoms with Crippen molar-refractivity contribution >= 4 is 25.0 Å². The lowest BCUT2D eigenvalue weighted by Gasteiger charge is -2.23. The smallest absolute Gasteiger partial charge is 0.329 e. The highest BCUT2D eigenvalue weighted by atomic mass is 31.2. The molecular formula is C14H21N3O9P+. The van der Waals surface area contributed by atoms with E-state index in [0.717, 1.165) is 18.2 Å². The number of carbonyl (C=O) groups is 1. The van der Waals surface area contributed by atoms with Gasteiger partial charge in [-0.3, -0.25) is 34.1 Å². The minimum absolute atomic E-state index is 0.0394. The van der Waals surface area contributed by atoms with Gasteiger partial charge in [0, 0.05) is 24.1 Å². The van der Waals surface area contributed by atoms with Gasteiger partial charge < -0.3 is 9.38 Å². The van der Waals surface area contributed by atoms with E-state index in [1.807, 2.05) is 21.1 Å². The molecule has 1 unspecified atom stereocenters. The number of nitrogens with zero attached hydrogens (tertiary/aromatic N) is 3.